The van der Waals surface area contributed by atoms with Gasteiger partial charge >= 0.3 is 6.18 Å². The van der Waals surface area contributed by atoms with Crippen LogP contribution in [0, 0.1) is 10.1 Å². The number of hydrogen-bond acceptors (Lipinski definition) is 4. The highest BCUT2D eigenvalue weighted by molar-refractivity contribution is 8.00. The highest BCUT2D eigenvalue weighted by Gasteiger charge is 2.35. The molecule has 3 aromatic rings. The molecule has 0 heterocycles. The second kappa shape index (κ2) is 7.89. The second-order valence-corrected chi connectivity index (χ2v) is 6.88. The number of halogens is 3. The number of nitrogens with zero attached hydrogens (tertiary/aromatic N) is 1. The van der Waals surface area contributed by atoms with Crippen LogP contribution in [0.25, 0.3) is 10.8 Å². The van der Waals surface area contributed by atoms with Crippen LogP contribution < -0.4 is 5.32 Å². The highest BCUT2D eigenvalue weighted by atomic mass is 32.2. The Kier molecular flexibility index (Phi) is 5.55. The van der Waals surface area contributed by atoms with Gasteiger partial charge in [-0.25, -0.2) is 0 Å². The molecule has 0 spiro atoms. The van der Waals surface area contributed by atoms with Crippen LogP contribution in [-0.4, -0.2) is 16.6 Å². The van der Waals surface area contributed by atoms with Crippen molar-refractivity contribution in [2.45, 2.75) is 11.1 Å². The van der Waals surface area contributed by atoms with Crippen molar-refractivity contribution in [2.24, 2.45) is 0 Å². The van der Waals surface area contributed by atoms with Gasteiger partial charge in [0.05, 0.1) is 21.9 Å². The van der Waals surface area contributed by atoms with E-state index in [1.54, 1.807) is 0 Å². The molecular weight excluding hydrogens is 393 g/mol. The van der Waals surface area contributed by atoms with Crippen molar-refractivity contribution < 1.29 is 22.9 Å². The average Bonchev–Trinajstić information content (AvgIpc) is 2.65. The molecule has 9 heteroatoms. The molecule has 3 rings (SSSR count). The monoisotopic (exact) mass is 406 g/mol. The lowest BCUT2D eigenvalue weighted by Gasteiger charge is -2.13. The van der Waals surface area contributed by atoms with Crippen molar-refractivity contribution in [1.29, 1.82) is 0 Å². The molecule has 0 saturated carbocycles. The molecule has 1 N–H and O–H groups in total. The number of hydrogen-bond donors (Lipinski definition) is 1. The Morgan fingerprint density at radius 2 is 1.75 bits per heavy atom. The smallest absolute Gasteiger partial charge is 0.325 e. The maximum atomic E-state index is 13.2. The molecule has 28 heavy (non-hydrogen) atoms. The van der Waals surface area contributed by atoms with Crippen LogP contribution in [0.2, 0.25) is 0 Å². The normalized spacial score (nSPS) is 11.4. The van der Waals surface area contributed by atoms with Gasteiger partial charge in [0, 0.05) is 17.0 Å². The zero-order valence-electron chi connectivity index (χ0n) is 14.2. The van der Waals surface area contributed by atoms with Gasteiger partial charge in [-0.3, -0.25) is 14.9 Å². The summed E-state index contributed by atoms with van der Waals surface area (Å²) in [5.74, 6) is -0.746. The van der Waals surface area contributed by atoms with Crippen LogP contribution in [0.4, 0.5) is 24.5 Å². The maximum absolute atomic E-state index is 13.2. The number of carbonyl (C=O) groups excluding carboxylic acids is 1. The quantitative estimate of drug-likeness (QED) is 0.345. The lowest BCUT2D eigenvalue weighted by atomic mass is 10.1. The Morgan fingerprint density at radius 1 is 1.04 bits per heavy atom. The van der Waals surface area contributed by atoms with Crippen molar-refractivity contribution >= 4 is 39.8 Å². The number of nitrogens with one attached hydrogen (secondary N) is 1. The minimum absolute atomic E-state index is 0.105. The molecular formula is C19H13F3N2O3S. The van der Waals surface area contributed by atoms with Gasteiger partial charge in [0.25, 0.3) is 5.69 Å². The molecule has 0 aliphatic rings. The third-order valence-corrected chi connectivity index (χ3v) is 4.88. The third-order valence-electron chi connectivity index (χ3n) is 3.88. The predicted octanol–water partition coefficient (Wildman–Crippen LogP) is 5.50. The number of nitro benzene ring substituents is 1. The van der Waals surface area contributed by atoms with E-state index in [0.29, 0.717) is 6.07 Å². The molecule has 0 bridgehead atoms. The van der Waals surface area contributed by atoms with Gasteiger partial charge in [-0.1, -0.05) is 30.3 Å². The molecule has 0 aliphatic heterocycles. The van der Waals surface area contributed by atoms with Crippen molar-refractivity contribution in [3.05, 3.63) is 76.3 Å². The number of non-ortho nitro benzene ring substituents is 1. The summed E-state index contributed by atoms with van der Waals surface area (Å²) in [6.07, 6.45) is -4.83. The number of amides is 1. The van der Waals surface area contributed by atoms with Crippen LogP contribution in [0.3, 0.4) is 0 Å². The zero-order chi connectivity index (χ0) is 20.3. The fourth-order valence-corrected chi connectivity index (χ4v) is 3.33. The first-order chi connectivity index (χ1) is 13.2. The number of alkyl halides is 3. The van der Waals surface area contributed by atoms with Crippen molar-refractivity contribution in [3.8, 4) is 0 Å². The molecule has 0 saturated heterocycles. The van der Waals surface area contributed by atoms with Crippen molar-refractivity contribution in [1.82, 2.24) is 0 Å². The molecule has 0 aromatic heterocycles. The average molecular weight is 406 g/mol. The topological polar surface area (TPSA) is 72.2 Å². The van der Waals surface area contributed by atoms with Crippen LogP contribution in [0.1, 0.15) is 5.56 Å². The minimum atomic E-state index is -4.83. The molecule has 0 atom stereocenters. The summed E-state index contributed by atoms with van der Waals surface area (Å²) in [5.41, 5.74) is -2.47. The third kappa shape index (κ3) is 4.61. The van der Waals surface area contributed by atoms with E-state index in [0.717, 1.165) is 27.8 Å². The van der Waals surface area contributed by atoms with Crippen molar-refractivity contribution in [3.63, 3.8) is 0 Å². The van der Waals surface area contributed by atoms with E-state index in [2.05, 4.69) is 5.32 Å². The highest BCUT2D eigenvalue weighted by Crippen LogP contribution is 2.37. The van der Waals surface area contributed by atoms with Gasteiger partial charge in [-0.2, -0.15) is 13.2 Å². The largest absolute Gasteiger partial charge is 0.418 e. The van der Waals surface area contributed by atoms with Gasteiger partial charge in [-0.15, -0.1) is 11.8 Å². The molecule has 5 nitrogen and oxygen atoms in total. The number of nitro groups is 1. The molecule has 0 unspecified atom stereocenters. The molecule has 144 valence electrons. The maximum Gasteiger partial charge on any atom is 0.418 e. The zero-order valence-corrected chi connectivity index (χ0v) is 15.0. The Morgan fingerprint density at radius 3 is 2.43 bits per heavy atom. The number of rotatable bonds is 5. The lowest BCUT2D eigenvalue weighted by molar-refractivity contribution is -0.385. The van der Waals surface area contributed by atoms with Gasteiger partial charge in [-0.05, 0) is 29.0 Å². The Labute approximate surface area is 161 Å². The van der Waals surface area contributed by atoms with Crippen LogP contribution >= 0.6 is 11.8 Å². The van der Waals surface area contributed by atoms with E-state index >= 15 is 0 Å². The van der Waals surface area contributed by atoms with Crippen LogP contribution in [-0.2, 0) is 11.0 Å². The fourth-order valence-electron chi connectivity index (χ4n) is 2.58. The van der Waals surface area contributed by atoms with E-state index in [4.69, 9.17) is 0 Å². The summed E-state index contributed by atoms with van der Waals surface area (Å²) in [4.78, 5) is 22.7. The number of thioether (sulfide) groups is 1. The predicted molar refractivity (Wildman–Crippen MR) is 101 cm³/mol. The van der Waals surface area contributed by atoms with E-state index in [-0.39, 0.29) is 5.75 Å². The Bertz CT molecular complexity index is 1050. The first-order valence-electron chi connectivity index (χ1n) is 8.01. The van der Waals surface area contributed by atoms with Gasteiger partial charge in [0.15, 0.2) is 0 Å². The molecule has 0 fully saturated rings. The minimum Gasteiger partial charge on any atom is -0.325 e. The summed E-state index contributed by atoms with van der Waals surface area (Å²) in [7, 11) is 0. The van der Waals surface area contributed by atoms with Crippen molar-refractivity contribution in [2.75, 3.05) is 11.1 Å². The van der Waals surface area contributed by atoms with Gasteiger partial charge < -0.3 is 5.32 Å². The number of carbonyl (C=O) groups is 1. The number of anilines is 1. The summed E-state index contributed by atoms with van der Waals surface area (Å²) in [6.45, 7) is 0. The standard InChI is InChI=1S/C19H13F3N2O3S/c20-19(21,22)16-10-14(24(26)27)6-8-17(16)23-18(25)11-28-15-7-5-12-3-1-2-4-13(12)9-15/h1-10H,11H2,(H,23,25). The van der Waals surface area contributed by atoms with E-state index in [9.17, 15) is 28.1 Å². The summed E-state index contributed by atoms with van der Waals surface area (Å²) >= 11 is 1.18. The summed E-state index contributed by atoms with van der Waals surface area (Å²) < 4.78 is 39.5. The lowest BCUT2D eigenvalue weighted by Crippen LogP contribution is -2.18. The molecule has 3 aromatic carbocycles. The van der Waals surface area contributed by atoms with Crippen LogP contribution in [0.15, 0.2) is 65.6 Å². The van der Waals surface area contributed by atoms with Gasteiger partial charge in [0.2, 0.25) is 5.91 Å². The van der Waals surface area contributed by atoms with Crippen LogP contribution in [0.5, 0.6) is 0 Å². The summed E-state index contributed by atoms with van der Waals surface area (Å²) in [5, 5.41) is 14.9. The number of fused-ring (bicyclic) bond motifs is 1. The molecule has 0 aliphatic carbocycles. The molecule has 0 radical (unpaired) electrons. The molecule has 1 amide bonds. The SMILES string of the molecule is O=C(CSc1ccc2ccccc2c1)Nc1ccc([N+](=O)[O-])cc1C(F)(F)F. The summed E-state index contributed by atoms with van der Waals surface area (Å²) in [6, 6.07) is 15.5. The second-order valence-electron chi connectivity index (χ2n) is 5.83. The Balaban J connectivity index is 1.72. The number of benzene rings is 3. The Hall–Kier alpha value is -3.07. The first kappa shape index (κ1) is 19.7. The first-order valence-corrected chi connectivity index (χ1v) is 9.00. The van der Waals surface area contributed by atoms with E-state index in [1.807, 2.05) is 42.5 Å². The van der Waals surface area contributed by atoms with E-state index in [1.165, 1.54) is 11.8 Å². The fraction of sp³-hybridized carbons (Fsp3) is 0.105. The van der Waals surface area contributed by atoms with E-state index < -0.39 is 33.9 Å². The van der Waals surface area contributed by atoms with Gasteiger partial charge in [0.1, 0.15) is 0 Å².